The van der Waals surface area contributed by atoms with Crippen molar-refractivity contribution in [1.29, 1.82) is 0 Å². The molecule has 0 N–H and O–H groups in total. The monoisotopic (exact) mass is 823 g/mol. The van der Waals surface area contributed by atoms with Gasteiger partial charge in [0.15, 0.2) is 0 Å². The number of esters is 1. The molecule has 5 aromatic rings. The molecular formula is C47H54ClN3O6S. The van der Waals surface area contributed by atoms with Crippen LogP contribution in [0.2, 0.25) is 5.02 Å². The quantitative estimate of drug-likeness (QED) is 0.0171. The minimum atomic E-state index is -0.486. The second kappa shape index (κ2) is 20.9. The Morgan fingerprint density at radius 1 is 1.03 bits per heavy atom. The minimum absolute atomic E-state index is 0.179. The highest BCUT2D eigenvalue weighted by Gasteiger charge is 2.36. The molecule has 11 heteroatoms. The lowest BCUT2D eigenvalue weighted by Gasteiger charge is -2.40. The standard InChI is InChI=1S/C47H54ClN3O6S/c1-5-12-34(27-33(4)29-49-51(43(52)6-2)46-50-40-15-8-9-16-42(40)58-46)13-10-14-35-17-23-39-37(28-35)20-24-41(44(39)48)57-45(53)36-18-21-38(22-19-36)56-26-11-25-54-30-47(7-3)31-55-32-47/h6,8-9,15-24,28-29,33-34H,2,5,7,10-14,25-27,30-32H2,1,3-4H3/b49-29+. The number of para-hydroxylation sites is 1. The summed E-state index contributed by atoms with van der Waals surface area (Å²) < 4.78 is 23.8. The number of amides is 1. The Morgan fingerprint density at radius 3 is 2.57 bits per heavy atom. The third kappa shape index (κ3) is 11.3. The number of carbonyl (C=O) groups is 2. The summed E-state index contributed by atoms with van der Waals surface area (Å²) in [7, 11) is 0. The van der Waals surface area contributed by atoms with Gasteiger partial charge in [0.25, 0.3) is 5.91 Å². The summed E-state index contributed by atoms with van der Waals surface area (Å²) in [4.78, 5) is 30.4. The van der Waals surface area contributed by atoms with E-state index in [2.05, 4.69) is 49.6 Å². The molecule has 2 heterocycles. The van der Waals surface area contributed by atoms with E-state index < -0.39 is 5.97 Å². The van der Waals surface area contributed by atoms with Crippen molar-refractivity contribution in [3.63, 3.8) is 0 Å². The zero-order valence-corrected chi connectivity index (χ0v) is 35.4. The second-order valence-electron chi connectivity index (χ2n) is 15.3. The molecule has 9 nitrogen and oxygen atoms in total. The van der Waals surface area contributed by atoms with Crippen LogP contribution in [0.15, 0.2) is 96.6 Å². The Kier molecular flexibility index (Phi) is 15.5. The maximum atomic E-state index is 13.0. The molecule has 0 spiro atoms. The first-order valence-corrected chi connectivity index (χ1v) is 21.6. The van der Waals surface area contributed by atoms with Crippen molar-refractivity contribution >= 4 is 67.1 Å². The van der Waals surface area contributed by atoms with Crippen LogP contribution in [-0.4, -0.2) is 56.1 Å². The smallest absolute Gasteiger partial charge is 0.343 e. The van der Waals surface area contributed by atoms with Gasteiger partial charge in [-0.05, 0) is 97.0 Å². The molecule has 4 aromatic carbocycles. The number of anilines is 1. The number of hydrogen-bond acceptors (Lipinski definition) is 9. The molecular weight excluding hydrogens is 770 g/mol. The van der Waals surface area contributed by atoms with Crippen molar-refractivity contribution in [1.82, 2.24) is 4.98 Å². The lowest BCUT2D eigenvalue weighted by Crippen LogP contribution is -2.45. The van der Waals surface area contributed by atoms with Gasteiger partial charge in [0.1, 0.15) is 11.5 Å². The van der Waals surface area contributed by atoms with E-state index in [0.29, 0.717) is 46.3 Å². The van der Waals surface area contributed by atoms with Crippen molar-refractivity contribution in [2.75, 3.05) is 38.0 Å². The Hall–Kier alpha value is -4.61. The number of nitrogens with zero attached hydrogens (tertiary/aromatic N) is 3. The summed E-state index contributed by atoms with van der Waals surface area (Å²) in [6.07, 6.45) is 11.3. The highest BCUT2D eigenvalue weighted by atomic mass is 35.5. The van der Waals surface area contributed by atoms with Gasteiger partial charge in [-0.15, -0.1) is 0 Å². The van der Waals surface area contributed by atoms with Crippen LogP contribution in [0.5, 0.6) is 11.5 Å². The summed E-state index contributed by atoms with van der Waals surface area (Å²) in [6.45, 7) is 13.6. The first kappa shape index (κ1) is 43.0. The number of ether oxygens (including phenoxy) is 4. The molecule has 0 bridgehead atoms. The molecule has 58 heavy (non-hydrogen) atoms. The van der Waals surface area contributed by atoms with Crippen LogP contribution in [0, 0.1) is 17.3 Å². The Morgan fingerprint density at radius 2 is 1.84 bits per heavy atom. The molecule has 306 valence electrons. The molecule has 0 saturated carbocycles. The Labute approximate surface area is 351 Å². The number of rotatable bonds is 22. The highest BCUT2D eigenvalue weighted by Crippen LogP contribution is 2.35. The summed E-state index contributed by atoms with van der Waals surface area (Å²) in [6, 6.07) is 24.7. The van der Waals surface area contributed by atoms with Crippen LogP contribution in [0.4, 0.5) is 5.13 Å². The highest BCUT2D eigenvalue weighted by molar-refractivity contribution is 7.22. The largest absolute Gasteiger partial charge is 0.494 e. The summed E-state index contributed by atoms with van der Waals surface area (Å²) in [5, 5.41) is 8.72. The maximum absolute atomic E-state index is 13.0. The van der Waals surface area contributed by atoms with E-state index >= 15 is 0 Å². The number of carbonyl (C=O) groups excluding carboxylic acids is 2. The topological polar surface area (TPSA) is 99.6 Å². The number of fused-ring (bicyclic) bond motifs is 2. The normalized spacial score (nSPS) is 14.6. The van der Waals surface area contributed by atoms with Gasteiger partial charge in [-0.2, -0.15) is 10.1 Å². The zero-order chi connectivity index (χ0) is 40.9. The van der Waals surface area contributed by atoms with Crippen LogP contribution < -0.4 is 14.5 Å². The molecule has 1 saturated heterocycles. The predicted octanol–water partition coefficient (Wildman–Crippen LogP) is 11.5. The van der Waals surface area contributed by atoms with E-state index in [1.165, 1.54) is 28.0 Å². The first-order chi connectivity index (χ1) is 28.2. The molecule has 2 unspecified atom stereocenters. The number of hydrazone groups is 1. The van der Waals surface area contributed by atoms with Gasteiger partial charge in [-0.1, -0.05) is 106 Å². The minimum Gasteiger partial charge on any atom is -0.494 e. The van der Waals surface area contributed by atoms with Crippen LogP contribution in [0.1, 0.15) is 81.6 Å². The van der Waals surface area contributed by atoms with Gasteiger partial charge in [-0.25, -0.2) is 9.78 Å². The molecule has 1 aliphatic heterocycles. The number of aryl methyl sites for hydroxylation is 1. The SMILES string of the molecule is C=CC(=O)N(/N=C/C(C)CC(CCC)CCCc1ccc2c(Cl)c(OC(=O)c3ccc(OCCCOCC4(CC)COC4)cc3)ccc2c1)c1nc2ccccc2s1. The van der Waals surface area contributed by atoms with Crippen LogP contribution in [0.25, 0.3) is 21.0 Å². The summed E-state index contributed by atoms with van der Waals surface area (Å²) in [5.41, 5.74) is 2.67. The van der Waals surface area contributed by atoms with E-state index in [9.17, 15) is 9.59 Å². The zero-order valence-electron chi connectivity index (χ0n) is 33.8. The number of benzene rings is 4. The fraction of sp³-hybridized carbons (Fsp3) is 0.404. The molecule has 0 radical (unpaired) electrons. The Balaban J connectivity index is 0.963. The van der Waals surface area contributed by atoms with Crippen molar-refractivity contribution in [3.8, 4) is 11.5 Å². The molecule has 1 amide bonds. The van der Waals surface area contributed by atoms with E-state index in [0.717, 1.165) is 92.2 Å². The molecule has 6 rings (SSSR count). The third-order valence-corrected chi connectivity index (χ3v) is 12.1. The van der Waals surface area contributed by atoms with Crippen molar-refractivity contribution in [2.24, 2.45) is 22.4 Å². The van der Waals surface area contributed by atoms with Gasteiger partial charge in [-0.3, -0.25) is 4.79 Å². The van der Waals surface area contributed by atoms with Crippen molar-refractivity contribution in [3.05, 3.63) is 108 Å². The predicted molar refractivity (Wildman–Crippen MR) is 236 cm³/mol. The van der Waals surface area contributed by atoms with Gasteiger partial charge in [0.05, 0.1) is 47.2 Å². The average Bonchev–Trinajstić information content (AvgIpc) is 3.65. The lowest BCUT2D eigenvalue weighted by atomic mass is 9.84. The van der Waals surface area contributed by atoms with E-state index in [-0.39, 0.29) is 17.2 Å². The van der Waals surface area contributed by atoms with Crippen molar-refractivity contribution in [2.45, 2.75) is 72.1 Å². The van der Waals surface area contributed by atoms with Crippen LogP contribution >= 0.6 is 22.9 Å². The number of halogens is 1. The fourth-order valence-corrected chi connectivity index (χ4v) is 8.41. The summed E-state index contributed by atoms with van der Waals surface area (Å²) in [5.74, 6) is 0.925. The molecule has 2 atom stereocenters. The summed E-state index contributed by atoms with van der Waals surface area (Å²) >= 11 is 8.23. The molecule has 1 fully saturated rings. The fourth-order valence-electron chi connectivity index (χ4n) is 7.21. The maximum Gasteiger partial charge on any atom is 0.343 e. The van der Waals surface area contributed by atoms with Crippen molar-refractivity contribution < 1.29 is 28.5 Å². The van der Waals surface area contributed by atoms with E-state index in [1.807, 2.05) is 42.6 Å². The molecule has 1 aromatic heterocycles. The van der Waals surface area contributed by atoms with E-state index in [1.54, 1.807) is 30.3 Å². The van der Waals surface area contributed by atoms with Crippen LogP contribution in [0.3, 0.4) is 0 Å². The van der Waals surface area contributed by atoms with Gasteiger partial charge < -0.3 is 18.9 Å². The number of aromatic nitrogens is 1. The first-order valence-electron chi connectivity index (χ1n) is 20.4. The van der Waals surface area contributed by atoms with Crippen LogP contribution in [-0.2, 0) is 20.7 Å². The lowest BCUT2D eigenvalue weighted by molar-refractivity contribution is -0.150. The second-order valence-corrected chi connectivity index (χ2v) is 16.7. The van der Waals surface area contributed by atoms with Gasteiger partial charge in [0.2, 0.25) is 5.13 Å². The molecule has 1 aliphatic rings. The molecule has 0 aliphatic carbocycles. The number of hydrogen-bond donors (Lipinski definition) is 0. The average molecular weight is 824 g/mol. The third-order valence-electron chi connectivity index (χ3n) is 10.7. The van der Waals surface area contributed by atoms with Gasteiger partial charge in [0, 0.05) is 30.0 Å². The Bertz CT molecular complexity index is 2140. The number of thiazole rings is 1. The van der Waals surface area contributed by atoms with Gasteiger partial charge >= 0.3 is 5.97 Å². The van der Waals surface area contributed by atoms with E-state index in [4.69, 9.17) is 30.5 Å².